The second-order valence-electron chi connectivity index (χ2n) is 4.49. The fraction of sp³-hybridized carbons (Fsp3) is 0.200. The monoisotopic (exact) mass is 255 g/mol. The van der Waals surface area contributed by atoms with Gasteiger partial charge in [-0.05, 0) is 25.5 Å². The minimum absolute atomic E-state index is 0.109. The van der Waals surface area contributed by atoms with Crippen molar-refractivity contribution in [2.75, 3.05) is 0 Å². The maximum atomic E-state index is 11.7. The Morgan fingerprint density at radius 3 is 2.95 bits per heavy atom. The van der Waals surface area contributed by atoms with Crippen LogP contribution in [0.2, 0.25) is 0 Å². The highest BCUT2D eigenvalue weighted by Gasteiger charge is 2.01. The lowest BCUT2D eigenvalue weighted by Crippen LogP contribution is -2.20. The van der Waals surface area contributed by atoms with Crippen molar-refractivity contribution in [3.63, 3.8) is 0 Å². The van der Waals surface area contributed by atoms with Crippen molar-refractivity contribution in [1.29, 1.82) is 0 Å². The molecule has 1 aromatic heterocycles. The number of carbonyl (C=O) groups excluding carboxylic acids is 1. The smallest absolute Gasteiger partial charge is 0.244 e. The van der Waals surface area contributed by atoms with Gasteiger partial charge >= 0.3 is 0 Å². The number of nitrogens with zero attached hydrogens (tertiary/aromatic N) is 1. The van der Waals surface area contributed by atoms with Gasteiger partial charge in [0.15, 0.2) is 0 Å². The standard InChI is InChI=1S/C15H17N3O/c1-11-4-3-5-13(8-11)6-7-15(19)16-9-14-10-17-18-12(14)2/h3-8,10H,9H2,1-2H3,(H,16,19)(H,17,18)/b7-6+. The Morgan fingerprint density at radius 1 is 1.42 bits per heavy atom. The minimum atomic E-state index is -0.109. The van der Waals surface area contributed by atoms with Crippen LogP contribution < -0.4 is 5.32 Å². The summed E-state index contributed by atoms with van der Waals surface area (Å²) in [5, 5.41) is 9.57. The normalized spacial score (nSPS) is 10.8. The predicted molar refractivity (Wildman–Crippen MR) is 75.4 cm³/mol. The van der Waals surface area contributed by atoms with E-state index in [0.717, 1.165) is 16.8 Å². The summed E-state index contributed by atoms with van der Waals surface area (Å²) < 4.78 is 0. The summed E-state index contributed by atoms with van der Waals surface area (Å²) in [6.45, 7) is 4.44. The van der Waals surface area contributed by atoms with E-state index in [4.69, 9.17) is 0 Å². The van der Waals surface area contributed by atoms with Crippen LogP contribution in [0.4, 0.5) is 0 Å². The topological polar surface area (TPSA) is 57.8 Å². The molecule has 0 radical (unpaired) electrons. The number of benzene rings is 1. The van der Waals surface area contributed by atoms with Gasteiger partial charge in [0.1, 0.15) is 0 Å². The Balaban J connectivity index is 1.89. The van der Waals surface area contributed by atoms with Crippen LogP contribution in [0.1, 0.15) is 22.4 Å². The second kappa shape index (κ2) is 6.00. The molecule has 2 aromatic rings. The number of hydrogen-bond acceptors (Lipinski definition) is 2. The zero-order chi connectivity index (χ0) is 13.7. The van der Waals surface area contributed by atoms with Crippen molar-refractivity contribution in [3.05, 3.63) is 58.9 Å². The lowest BCUT2D eigenvalue weighted by molar-refractivity contribution is -0.116. The first-order valence-corrected chi connectivity index (χ1v) is 6.16. The number of aryl methyl sites for hydroxylation is 2. The summed E-state index contributed by atoms with van der Waals surface area (Å²) in [7, 11) is 0. The zero-order valence-electron chi connectivity index (χ0n) is 11.1. The summed E-state index contributed by atoms with van der Waals surface area (Å²) in [5.74, 6) is -0.109. The second-order valence-corrected chi connectivity index (χ2v) is 4.49. The first kappa shape index (κ1) is 13.1. The van der Waals surface area contributed by atoms with E-state index in [0.29, 0.717) is 6.54 Å². The maximum absolute atomic E-state index is 11.7. The number of nitrogens with one attached hydrogen (secondary N) is 2. The van der Waals surface area contributed by atoms with Crippen molar-refractivity contribution in [2.45, 2.75) is 20.4 Å². The highest BCUT2D eigenvalue weighted by molar-refractivity contribution is 5.91. The summed E-state index contributed by atoms with van der Waals surface area (Å²) >= 11 is 0. The first-order chi connectivity index (χ1) is 9.15. The molecule has 98 valence electrons. The number of H-pyrrole nitrogens is 1. The van der Waals surface area contributed by atoms with Crippen LogP contribution in [-0.4, -0.2) is 16.1 Å². The Morgan fingerprint density at radius 2 is 2.26 bits per heavy atom. The van der Waals surface area contributed by atoms with Gasteiger partial charge in [-0.3, -0.25) is 9.89 Å². The number of amides is 1. The molecule has 4 heteroatoms. The van der Waals surface area contributed by atoms with E-state index in [1.807, 2.05) is 44.2 Å². The molecular weight excluding hydrogens is 238 g/mol. The molecule has 0 saturated carbocycles. The Kier molecular flexibility index (Phi) is 4.13. The highest BCUT2D eigenvalue weighted by atomic mass is 16.1. The van der Waals surface area contributed by atoms with Crippen LogP contribution in [0.3, 0.4) is 0 Å². The summed E-state index contributed by atoms with van der Waals surface area (Å²) in [6.07, 6.45) is 5.08. The molecule has 1 aromatic carbocycles. The third-order valence-corrected chi connectivity index (χ3v) is 2.86. The average molecular weight is 255 g/mol. The minimum Gasteiger partial charge on any atom is -0.348 e. The molecule has 0 fully saturated rings. The molecule has 1 amide bonds. The van der Waals surface area contributed by atoms with E-state index >= 15 is 0 Å². The van der Waals surface area contributed by atoms with Gasteiger partial charge in [0.2, 0.25) is 5.91 Å². The zero-order valence-corrected chi connectivity index (χ0v) is 11.1. The molecule has 0 unspecified atom stereocenters. The van der Waals surface area contributed by atoms with E-state index in [9.17, 15) is 4.79 Å². The van der Waals surface area contributed by atoms with E-state index in [2.05, 4.69) is 15.5 Å². The van der Waals surface area contributed by atoms with Crippen LogP contribution in [0.5, 0.6) is 0 Å². The molecule has 2 N–H and O–H groups in total. The number of hydrogen-bond donors (Lipinski definition) is 2. The number of aromatic nitrogens is 2. The molecule has 0 atom stereocenters. The molecule has 1 heterocycles. The van der Waals surface area contributed by atoms with Crippen LogP contribution in [-0.2, 0) is 11.3 Å². The molecule has 0 aliphatic heterocycles. The van der Waals surface area contributed by atoms with Crippen molar-refractivity contribution < 1.29 is 4.79 Å². The fourth-order valence-electron chi connectivity index (χ4n) is 1.74. The van der Waals surface area contributed by atoms with Crippen LogP contribution >= 0.6 is 0 Å². The number of rotatable bonds is 4. The third kappa shape index (κ3) is 3.81. The van der Waals surface area contributed by atoms with Crippen molar-refractivity contribution >= 4 is 12.0 Å². The van der Waals surface area contributed by atoms with Gasteiger partial charge in [-0.15, -0.1) is 0 Å². The first-order valence-electron chi connectivity index (χ1n) is 6.16. The molecule has 0 bridgehead atoms. The lowest BCUT2D eigenvalue weighted by Gasteiger charge is -2.00. The fourth-order valence-corrected chi connectivity index (χ4v) is 1.74. The average Bonchev–Trinajstić information content (AvgIpc) is 2.80. The maximum Gasteiger partial charge on any atom is 0.244 e. The molecule has 0 aliphatic carbocycles. The summed E-state index contributed by atoms with van der Waals surface area (Å²) in [5.41, 5.74) is 4.17. The van der Waals surface area contributed by atoms with Crippen LogP contribution in [0.15, 0.2) is 36.5 Å². The predicted octanol–water partition coefficient (Wildman–Crippen LogP) is 2.36. The quantitative estimate of drug-likeness (QED) is 0.824. The van der Waals surface area contributed by atoms with Gasteiger partial charge < -0.3 is 5.32 Å². The van der Waals surface area contributed by atoms with Crippen molar-refractivity contribution in [1.82, 2.24) is 15.5 Å². The Bertz CT molecular complexity index is 599. The SMILES string of the molecule is Cc1cccc(/C=C/C(=O)NCc2cn[nH]c2C)c1. The van der Waals surface area contributed by atoms with Gasteiger partial charge in [-0.1, -0.05) is 29.8 Å². The van der Waals surface area contributed by atoms with E-state index in [1.165, 1.54) is 5.56 Å². The molecule has 0 saturated heterocycles. The lowest BCUT2D eigenvalue weighted by atomic mass is 10.1. The van der Waals surface area contributed by atoms with Gasteiger partial charge in [0.05, 0.1) is 6.20 Å². The Hall–Kier alpha value is -2.36. The van der Waals surface area contributed by atoms with Crippen molar-refractivity contribution in [2.24, 2.45) is 0 Å². The summed E-state index contributed by atoms with van der Waals surface area (Å²) in [4.78, 5) is 11.7. The highest BCUT2D eigenvalue weighted by Crippen LogP contribution is 2.06. The van der Waals surface area contributed by atoms with Crippen LogP contribution in [0.25, 0.3) is 6.08 Å². The summed E-state index contributed by atoms with van der Waals surface area (Å²) in [6, 6.07) is 8.00. The molecule has 0 spiro atoms. The number of carbonyl (C=O) groups is 1. The third-order valence-electron chi connectivity index (χ3n) is 2.86. The van der Waals surface area contributed by atoms with Gasteiger partial charge in [0.25, 0.3) is 0 Å². The number of aromatic amines is 1. The molecule has 19 heavy (non-hydrogen) atoms. The Labute approximate surface area is 112 Å². The van der Waals surface area contributed by atoms with Gasteiger partial charge in [-0.25, -0.2) is 0 Å². The van der Waals surface area contributed by atoms with E-state index < -0.39 is 0 Å². The van der Waals surface area contributed by atoms with Crippen LogP contribution in [0, 0.1) is 13.8 Å². The van der Waals surface area contributed by atoms with Crippen molar-refractivity contribution in [3.8, 4) is 0 Å². The van der Waals surface area contributed by atoms with E-state index in [1.54, 1.807) is 12.3 Å². The molecule has 4 nitrogen and oxygen atoms in total. The molecular formula is C15H17N3O. The van der Waals surface area contributed by atoms with Gasteiger partial charge in [-0.2, -0.15) is 5.10 Å². The van der Waals surface area contributed by atoms with Gasteiger partial charge in [0, 0.05) is 23.9 Å². The molecule has 0 aliphatic rings. The largest absolute Gasteiger partial charge is 0.348 e. The molecule has 2 rings (SSSR count). The van der Waals surface area contributed by atoms with E-state index in [-0.39, 0.29) is 5.91 Å².